The first-order valence-electron chi connectivity index (χ1n) is 10.9. The third-order valence-electron chi connectivity index (χ3n) is 6.41. The van der Waals surface area contributed by atoms with Crippen LogP contribution in [0.25, 0.3) is 10.8 Å². The average molecular weight is 470 g/mol. The molecule has 2 amide bonds. The van der Waals surface area contributed by atoms with Gasteiger partial charge in [0.25, 0.3) is 17.4 Å². The highest BCUT2D eigenvalue weighted by atomic mass is 19.3. The van der Waals surface area contributed by atoms with Gasteiger partial charge in [-0.05, 0) is 23.8 Å². The molecule has 0 bridgehead atoms. The van der Waals surface area contributed by atoms with E-state index in [2.05, 4.69) is 10.2 Å². The molecule has 0 saturated carbocycles. The predicted octanol–water partition coefficient (Wildman–Crippen LogP) is 2.59. The van der Waals surface area contributed by atoms with Crippen molar-refractivity contribution >= 4 is 22.6 Å². The van der Waals surface area contributed by atoms with E-state index in [4.69, 9.17) is 0 Å². The lowest BCUT2D eigenvalue weighted by Crippen LogP contribution is -2.56. The summed E-state index contributed by atoms with van der Waals surface area (Å²) in [5, 5.41) is 7.72. The molecular weight excluding hydrogens is 449 g/mol. The maximum Gasteiger partial charge on any atom is 0.272 e. The molecule has 0 radical (unpaired) electrons. The number of halogens is 3. The molecule has 2 fully saturated rings. The fraction of sp³-hybridized carbons (Fsp3) is 0.333. The minimum Gasteiger partial charge on any atom is -0.337 e. The Morgan fingerprint density at radius 1 is 1.09 bits per heavy atom. The topological polar surface area (TPSA) is 86.4 Å². The predicted molar refractivity (Wildman–Crippen MR) is 117 cm³/mol. The lowest BCUT2D eigenvalue weighted by Gasteiger charge is -2.40. The number of nitrogens with one attached hydrogen (secondary N) is 1. The molecule has 2 aromatic carbocycles. The van der Waals surface area contributed by atoms with E-state index in [1.807, 2.05) is 0 Å². The molecule has 2 saturated heterocycles. The zero-order valence-corrected chi connectivity index (χ0v) is 18.1. The summed E-state index contributed by atoms with van der Waals surface area (Å²) in [6.45, 7) is -0.466. The van der Waals surface area contributed by atoms with Crippen LogP contribution in [-0.2, 0) is 11.2 Å². The quantitative estimate of drug-likeness (QED) is 0.635. The standard InChI is InChI=1S/C24H21F3N4O3/c25-19-6-5-14(10-20-16-3-1-2-4-17(16)21(32)29-28-20)9-18(19)23(34)31-11-15(12-31)22(33)30-8-7-24(26,27)13-30/h1-6,9,15H,7-8,10-13H2,(H,29,32). The Morgan fingerprint density at radius 3 is 2.53 bits per heavy atom. The molecule has 34 heavy (non-hydrogen) atoms. The molecule has 2 aliphatic rings. The number of carbonyl (C=O) groups excluding carboxylic acids is 2. The van der Waals surface area contributed by atoms with Crippen molar-refractivity contribution in [2.24, 2.45) is 5.92 Å². The highest BCUT2D eigenvalue weighted by Gasteiger charge is 2.45. The van der Waals surface area contributed by atoms with Crippen LogP contribution < -0.4 is 5.56 Å². The van der Waals surface area contributed by atoms with Crippen LogP contribution in [0.1, 0.15) is 28.0 Å². The summed E-state index contributed by atoms with van der Waals surface area (Å²) in [7, 11) is 0. The third kappa shape index (κ3) is 4.04. The summed E-state index contributed by atoms with van der Waals surface area (Å²) >= 11 is 0. The van der Waals surface area contributed by atoms with Crippen molar-refractivity contribution in [2.45, 2.75) is 18.8 Å². The van der Waals surface area contributed by atoms with Crippen LogP contribution in [0.5, 0.6) is 0 Å². The molecule has 0 aliphatic carbocycles. The summed E-state index contributed by atoms with van der Waals surface area (Å²) in [5.41, 5.74) is 0.762. The van der Waals surface area contributed by atoms with E-state index in [0.717, 1.165) is 4.90 Å². The van der Waals surface area contributed by atoms with Gasteiger partial charge in [0.15, 0.2) is 0 Å². The first-order chi connectivity index (χ1) is 16.2. The van der Waals surface area contributed by atoms with E-state index >= 15 is 0 Å². The maximum atomic E-state index is 14.5. The zero-order chi connectivity index (χ0) is 24.0. The minimum absolute atomic E-state index is 0.000419. The highest BCUT2D eigenvalue weighted by molar-refractivity contribution is 5.96. The molecule has 1 aromatic heterocycles. The number of hydrogen-bond donors (Lipinski definition) is 1. The number of aromatic amines is 1. The highest BCUT2D eigenvalue weighted by Crippen LogP contribution is 2.30. The van der Waals surface area contributed by atoms with Gasteiger partial charge in [-0.25, -0.2) is 18.3 Å². The summed E-state index contributed by atoms with van der Waals surface area (Å²) in [6, 6.07) is 11.2. The molecule has 1 N–H and O–H groups in total. The smallest absolute Gasteiger partial charge is 0.272 e. The molecule has 5 rings (SSSR count). The van der Waals surface area contributed by atoms with Crippen LogP contribution in [-0.4, -0.2) is 63.9 Å². The Hall–Kier alpha value is -3.69. The number of carbonyl (C=O) groups is 2. The van der Waals surface area contributed by atoms with Crippen LogP contribution in [0.2, 0.25) is 0 Å². The van der Waals surface area contributed by atoms with Crippen molar-refractivity contribution < 1.29 is 22.8 Å². The van der Waals surface area contributed by atoms with Gasteiger partial charge in [0.05, 0.1) is 29.1 Å². The largest absolute Gasteiger partial charge is 0.337 e. The third-order valence-corrected chi connectivity index (χ3v) is 6.41. The first kappa shape index (κ1) is 22.1. The lowest BCUT2D eigenvalue weighted by atomic mass is 9.96. The van der Waals surface area contributed by atoms with Crippen molar-refractivity contribution in [1.82, 2.24) is 20.0 Å². The first-order valence-corrected chi connectivity index (χ1v) is 10.9. The number of likely N-dealkylation sites (tertiary alicyclic amines) is 2. The Kier molecular flexibility index (Phi) is 5.38. The van der Waals surface area contributed by atoms with Gasteiger partial charge in [0.2, 0.25) is 5.91 Å². The molecule has 3 heterocycles. The summed E-state index contributed by atoms with van der Waals surface area (Å²) < 4.78 is 41.3. The number of H-pyrrole nitrogens is 1. The lowest BCUT2D eigenvalue weighted by molar-refractivity contribution is -0.140. The van der Waals surface area contributed by atoms with Crippen LogP contribution >= 0.6 is 0 Å². The molecule has 3 aromatic rings. The van der Waals surface area contributed by atoms with E-state index in [9.17, 15) is 27.6 Å². The molecule has 2 aliphatic heterocycles. The Morgan fingerprint density at radius 2 is 1.82 bits per heavy atom. The van der Waals surface area contributed by atoms with Crippen molar-refractivity contribution in [3.05, 3.63) is 75.5 Å². The fourth-order valence-corrected chi connectivity index (χ4v) is 4.50. The second-order valence-electron chi connectivity index (χ2n) is 8.81. The van der Waals surface area contributed by atoms with Crippen LogP contribution in [0, 0.1) is 11.7 Å². The molecule has 7 nitrogen and oxygen atoms in total. The summed E-state index contributed by atoms with van der Waals surface area (Å²) in [5.74, 6) is -5.08. The fourth-order valence-electron chi connectivity index (χ4n) is 4.50. The van der Waals surface area contributed by atoms with Crippen molar-refractivity contribution in [2.75, 3.05) is 26.2 Å². The van der Waals surface area contributed by atoms with Gasteiger partial charge in [0, 0.05) is 37.9 Å². The van der Waals surface area contributed by atoms with Crippen LogP contribution in [0.15, 0.2) is 47.3 Å². The van der Waals surface area contributed by atoms with Crippen molar-refractivity contribution in [3.8, 4) is 0 Å². The second-order valence-corrected chi connectivity index (χ2v) is 8.81. The zero-order valence-electron chi connectivity index (χ0n) is 18.1. The molecule has 0 unspecified atom stereocenters. The van der Waals surface area contributed by atoms with Gasteiger partial charge in [0.1, 0.15) is 5.82 Å². The van der Waals surface area contributed by atoms with E-state index in [0.29, 0.717) is 22.0 Å². The monoisotopic (exact) mass is 470 g/mol. The number of benzene rings is 2. The number of rotatable bonds is 4. The van der Waals surface area contributed by atoms with Gasteiger partial charge in [-0.15, -0.1) is 0 Å². The Balaban J connectivity index is 1.30. The van der Waals surface area contributed by atoms with E-state index < -0.39 is 36.0 Å². The number of alkyl halides is 2. The van der Waals surface area contributed by atoms with Gasteiger partial charge >= 0.3 is 0 Å². The molecule has 10 heteroatoms. The maximum absolute atomic E-state index is 14.5. The molecule has 0 spiro atoms. The number of fused-ring (bicyclic) bond motifs is 1. The van der Waals surface area contributed by atoms with Crippen molar-refractivity contribution in [1.29, 1.82) is 0 Å². The normalized spacial score (nSPS) is 17.7. The number of nitrogens with zero attached hydrogens (tertiary/aromatic N) is 3. The molecule has 176 valence electrons. The van der Waals surface area contributed by atoms with Crippen LogP contribution in [0.4, 0.5) is 13.2 Å². The second kappa shape index (κ2) is 8.27. The van der Waals surface area contributed by atoms with Crippen molar-refractivity contribution in [3.63, 3.8) is 0 Å². The SMILES string of the molecule is O=C(c1cc(Cc2n[nH]c(=O)c3ccccc23)ccc1F)N1CC(C(=O)N2CCC(F)(F)C2)C1. The summed E-state index contributed by atoms with van der Waals surface area (Å²) in [6.07, 6.45) is -0.0896. The molecule has 0 atom stereocenters. The van der Waals surface area contributed by atoms with E-state index in [-0.39, 0.29) is 43.6 Å². The summed E-state index contributed by atoms with van der Waals surface area (Å²) in [4.78, 5) is 39.8. The number of hydrogen-bond acceptors (Lipinski definition) is 4. The van der Waals surface area contributed by atoms with Gasteiger partial charge in [-0.3, -0.25) is 14.4 Å². The molecular formula is C24H21F3N4O3. The van der Waals surface area contributed by atoms with E-state index in [1.165, 1.54) is 17.0 Å². The Labute approximate surface area is 192 Å². The van der Waals surface area contributed by atoms with E-state index in [1.54, 1.807) is 30.3 Å². The van der Waals surface area contributed by atoms with Gasteiger partial charge in [-0.1, -0.05) is 24.3 Å². The van der Waals surface area contributed by atoms with Crippen LogP contribution in [0.3, 0.4) is 0 Å². The minimum atomic E-state index is -2.87. The number of aromatic nitrogens is 2. The average Bonchev–Trinajstić information content (AvgIpc) is 3.15. The number of amides is 2. The Bertz CT molecular complexity index is 1350. The van der Waals surface area contributed by atoms with Gasteiger partial charge < -0.3 is 9.80 Å². The van der Waals surface area contributed by atoms with Gasteiger partial charge in [-0.2, -0.15) is 5.10 Å².